The zero-order valence-electron chi connectivity index (χ0n) is 17.0. The summed E-state index contributed by atoms with van der Waals surface area (Å²) in [4.78, 5) is 27.9. The predicted molar refractivity (Wildman–Crippen MR) is 124 cm³/mol. The van der Waals surface area contributed by atoms with Crippen LogP contribution in [0.15, 0.2) is 24.4 Å². The van der Waals surface area contributed by atoms with Crippen LogP contribution in [-0.2, 0) is 15.6 Å². The van der Waals surface area contributed by atoms with Gasteiger partial charge in [-0.05, 0) is 36.5 Å². The second kappa shape index (κ2) is 6.67. The summed E-state index contributed by atoms with van der Waals surface area (Å²) < 4.78 is 0. The molecular formula is C22H18Cl4N4O. The van der Waals surface area contributed by atoms with Crippen molar-refractivity contribution in [1.82, 2.24) is 15.0 Å². The van der Waals surface area contributed by atoms with E-state index in [2.05, 4.69) is 31.1 Å². The smallest absolute Gasteiger partial charge is 0.238 e. The normalized spacial score (nSPS) is 25.6. The number of benzene rings is 1. The van der Waals surface area contributed by atoms with E-state index in [-0.39, 0.29) is 22.2 Å². The fraction of sp³-hybridized carbons (Fsp3) is 0.364. The van der Waals surface area contributed by atoms with Crippen molar-refractivity contribution in [2.24, 2.45) is 5.41 Å². The first-order valence-corrected chi connectivity index (χ1v) is 11.3. The molecule has 31 heavy (non-hydrogen) atoms. The van der Waals surface area contributed by atoms with E-state index in [1.807, 2.05) is 0 Å². The van der Waals surface area contributed by atoms with E-state index in [9.17, 15) is 4.79 Å². The molecule has 2 heterocycles. The Kier molecular flexibility index (Phi) is 4.56. The third-order valence-corrected chi connectivity index (χ3v) is 8.72. The van der Waals surface area contributed by atoms with Crippen molar-refractivity contribution < 1.29 is 4.79 Å². The molecule has 1 fully saturated rings. The minimum absolute atomic E-state index is 0.203. The van der Waals surface area contributed by atoms with E-state index in [1.54, 1.807) is 18.2 Å². The highest BCUT2D eigenvalue weighted by molar-refractivity contribution is 6.42. The van der Waals surface area contributed by atoms with Gasteiger partial charge in [-0.3, -0.25) is 4.79 Å². The summed E-state index contributed by atoms with van der Waals surface area (Å²) in [5.41, 5.74) is 1.11. The molecule has 3 aromatic rings. The first-order chi connectivity index (χ1) is 14.5. The van der Waals surface area contributed by atoms with Gasteiger partial charge in [0, 0.05) is 11.6 Å². The van der Waals surface area contributed by atoms with Crippen LogP contribution < -0.4 is 5.32 Å². The Labute approximate surface area is 199 Å². The second-order valence-electron chi connectivity index (χ2n) is 8.98. The highest BCUT2D eigenvalue weighted by atomic mass is 35.5. The third-order valence-electron chi connectivity index (χ3n) is 7.51. The maximum atomic E-state index is 13.9. The molecule has 0 saturated heterocycles. The zero-order chi connectivity index (χ0) is 22.3. The largest absolute Gasteiger partial charge is 0.309 e. The van der Waals surface area contributed by atoms with E-state index in [1.165, 1.54) is 6.20 Å². The summed E-state index contributed by atoms with van der Waals surface area (Å²) in [6.45, 7) is 6.36. The summed E-state index contributed by atoms with van der Waals surface area (Å²) >= 11 is 24.7. The summed E-state index contributed by atoms with van der Waals surface area (Å²) in [7, 11) is 0. The molecule has 1 amide bonds. The van der Waals surface area contributed by atoms with Crippen LogP contribution in [0.2, 0.25) is 20.1 Å². The molecule has 9 heteroatoms. The second-order valence-corrected chi connectivity index (χ2v) is 10.6. The molecular weight excluding hydrogens is 478 g/mol. The van der Waals surface area contributed by atoms with Crippen LogP contribution in [0.25, 0.3) is 11.0 Å². The van der Waals surface area contributed by atoms with Gasteiger partial charge >= 0.3 is 0 Å². The number of pyridine rings is 1. The molecule has 2 aliphatic rings. The van der Waals surface area contributed by atoms with Gasteiger partial charge in [0.2, 0.25) is 5.91 Å². The van der Waals surface area contributed by atoms with E-state index in [0.717, 1.165) is 12.1 Å². The SMILES string of the molecule is CC12CCC(C(=O)Nc3ncc(Cl)cc3Cl)(c3nc4cc(Cl)c(Cl)cc4nc31)C2(C)C. The summed E-state index contributed by atoms with van der Waals surface area (Å²) in [5, 5.41) is 4.42. The average Bonchev–Trinajstić information content (AvgIpc) is 2.99. The van der Waals surface area contributed by atoms with Crippen molar-refractivity contribution in [3.8, 4) is 0 Å². The first-order valence-electron chi connectivity index (χ1n) is 9.81. The van der Waals surface area contributed by atoms with E-state index >= 15 is 0 Å². The number of aromatic nitrogens is 3. The molecule has 0 radical (unpaired) electrons. The van der Waals surface area contributed by atoms with Crippen molar-refractivity contribution in [3.05, 3.63) is 55.9 Å². The molecule has 2 aliphatic carbocycles. The fourth-order valence-corrected chi connectivity index (χ4v) is 6.07. The summed E-state index contributed by atoms with van der Waals surface area (Å²) in [6.07, 6.45) is 2.90. The standard InChI is InChI=1S/C22H18Cl4N4O/c1-20(2)21(3)4-5-22(20,19(31)30-18-13(26)6-10(23)9-27-18)17-16(21)28-14-7-11(24)12(25)8-15(14)29-17/h6-9H,4-5H2,1-3H3,(H,27,30,31). The number of carbonyl (C=O) groups is 1. The van der Waals surface area contributed by atoms with Gasteiger partial charge in [-0.1, -0.05) is 67.2 Å². The van der Waals surface area contributed by atoms with Crippen LogP contribution in [0.4, 0.5) is 5.82 Å². The van der Waals surface area contributed by atoms with Gasteiger partial charge < -0.3 is 5.32 Å². The number of hydrogen-bond donors (Lipinski definition) is 1. The molecule has 0 spiro atoms. The van der Waals surface area contributed by atoms with Crippen LogP contribution in [0, 0.1) is 5.41 Å². The Balaban J connectivity index is 1.71. The number of rotatable bonds is 2. The molecule has 1 N–H and O–H groups in total. The molecule has 0 aliphatic heterocycles. The van der Waals surface area contributed by atoms with Crippen molar-refractivity contribution >= 4 is 69.2 Å². The third kappa shape index (κ3) is 2.64. The van der Waals surface area contributed by atoms with Crippen LogP contribution >= 0.6 is 46.4 Å². The first kappa shape index (κ1) is 21.2. The summed E-state index contributed by atoms with van der Waals surface area (Å²) in [6, 6.07) is 4.96. The van der Waals surface area contributed by atoms with Crippen molar-refractivity contribution in [2.75, 3.05) is 5.32 Å². The molecule has 2 bridgehead atoms. The summed E-state index contributed by atoms with van der Waals surface area (Å²) in [5.74, 6) is 0.0669. The van der Waals surface area contributed by atoms with Gasteiger partial charge in [-0.2, -0.15) is 0 Å². The number of hydrogen-bond acceptors (Lipinski definition) is 4. The quantitative estimate of drug-likeness (QED) is 0.434. The molecule has 5 nitrogen and oxygen atoms in total. The molecule has 160 valence electrons. The van der Waals surface area contributed by atoms with E-state index in [0.29, 0.717) is 38.2 Å². The molecule has 1 aromatic carbocycles. The number of amides is 1. The Morgan fingerprint density at radius 3 is 2.13 bits per heavy atom. The van der Waals surface area contributed by atoms with Crippen molar-refractivity contribution in [2.45, 2.75) is 44.4 Å². The van der Waals surface area contributed by atoms with Crippen LogP contribution in [-0.4, -0.2) is 20.9 Å². The lowest BCUT2D eigenvalue weighted by Gasteiger charge is -2.39. The molecule has 2 atom stereocenters. The minimum Gasteiger partial charge on any atom is -0.309 e. The number of nitrogens with one attached hydrogen (secondary N) is 1. The number of anilines is 1. The Morgan fingerprint density at radius 2 is 1.52 bits per heavy atom. The van der Waals surface area contributed by atoms with Gasteiger partial charge in [-0.25, -0.2) is 15.0 Å². The maximum Gasteiger partial charge on any atom is 0.238 e. The molecule has 2 aromatic heterocycles. The Bertz CT molecular complexity index is 1290. The highest BCUT2D eigenvalue weighted by Gasteiger charge is 2.73. The van der Waals surface area contributed by atoms with Gasteiger partial charge in [0.15, 0.2) is 5.82 Å². The molecule has 2 unspecified atom stereocenters. The predicted octanol–water partition coefficient (Wildman–Crippen LogP) is 6.61. The highest BCUT2D eigenvalue weighted by Crippen LogP contribution is 2.70. The topological polar surface area (TPSA) is 67.8 Å². The number of nitrogens with zero attached hydrogens (tertiary/aromatic N) is 3. The van der Waals surface area contributed by atoms with Crippen LogP contribution in [0.5, 0.6) is 0 Å². The average molecular weight is 496 g/mol. The van der Waals surface area contributed by atoms with Gasteiger partial charge in [0.25, 0.3) is 0 Å². The number of carbonyl (C=O) groups excluding carboxylic acids is 1. The molecule has 5 rings (SSSR count). The van der Waals surface area contributed by atoms with Crippen molar-refractivity contribution in [3.63, 3.8) is 0 Å². The monoisotopic (exact) mass is 494 g/mol. The molecule has 1 saturated carbocycles. The van der Waals surface area contributed by atoms with Crippen LogP contribution in [0.3, 0.4) is 0 Å². The Hall–Kier alpha value is -1.66. The number of fused-ring (bicyclic) bond motifs is 6. The lowest BCUT2D eigenvalue weighted by molar-refractivity contribution is -0.125. The number of halogens is 4. The van der Waals surface area contributed by atoms with E-state index in [4.69, 9.17) is 56.4 Å². The Morgan fingerprint density at radius 1 is 0.903 bits per heavy atom. The fourth-order valence-electron chi connectivity index (χ4n) is 5.32. The van der Waals surface area contributed by atoms with Gasteiger partial charge in [0.05, 0.1) is 47.9 Å². The van der Waals surface area contributed by atoms with Gasteiger partial charge in [-0.15, -0.1) is 0 Å². The van der Waals surface area contributed by atoms with Crippen molar-refractivity contribution in [1.29, 1.82) is 0 Å². The van der Waals surface area contributed by atoms with E-state index < -0.39 is 10.8 Å². The van der Waals surface area contributed by atoms with Gasteiger partial charge in [0.1, 0.15) is 0 Å². The minimum atomic E-state index is -0.894. The zero-order valence-corrected chi connectivity index (χ0v) is 20.0. The maximum absolute atomic E-state index is 13.9. The lowest BCUT2D eigenvalue weighted by atomic mass is 9.63. The lowest BCUT2D eigenvalue weighted by Crippen LogP contribution is -2.48. The van der Waals surface area contributed by atoms with Crippen LogP contribution in [0.1, 0.15) is 45.0 Å².